The molecule has 5 nitrogen and oxygen atoms in total. The third-order valence-corrected chi connectivity index (χ3v) is 2.57. The van der Waals surface area contributed by atoms with Gasteiger partial charge in [0.15, 0.2) is 0 Å². The summed E-state index contributed by atoms with van der Waals surface area (Å²) in [7, 11) is 2.00. The second-order valence-corrected chi connectivity index (χ2v) is 3.71. The first kappa shape index (κ1) is 10.9. The van der Waals surface area contributed by atoms with Crippen molar-refractivity contribution in [1.29, 1.82) is 0 Å². The number of hydrogen-bond donors (Lipinski definition) is 1. The van der Waals surface area contributed by atoms with Gasteiger partial charge in [-0.1, -0.05) is 6.92 Å². The summed E-state index contributed by atoms with van der Waals surface area (Å²) in [6.07, 6.45) is 7.59. The molecule has 2 aromatic heterocycles. The first-order valence-electron chi connectivity index (χ1n) is 5.48. The maximum Gasteiger partial charge on any atom is 0.128 e. The number of hydrogen-bond acceptors (Lipinski definition) is 3. The van der Waals surface area contributed by atoms with Crippen LogP contribution < -0.4 is 5.32 Å². The van der Waals surface area contributed by atoms with Crippen molar-refractivity contribution >= 4 is 0 Å². The molecule has 0 fully saturated rings. The highest BCUT2D eigenvalue weighted by molar-refractivity contribution is 4.98. The lowest BCUT2D eigenvalue weighted by Gasteiger charge is -2.07. The minimum atomic E-state index is 0.768. The van der Waals surface area contributed by atoms with E-state index in [2.05, 4.69) is 26.8 Å². The van der Waals surface area contributed by atoms with E-state index in [1.54, 1.807) is 0 Å². The first-order valence-corrected chi connectivity index (χ1v) is 5.48. The van der Waals surface area contributed by atoms with Crippen LogP contribution in [0.25, 0.3) is 0 Å². The zero-order chi connectivity index (χ0) is 11.4. The Kier molecular flexibility index (Phi) is 3.36. The third kappa shape index (κ3) is 2.30. The fourth-order valence-corrected chi connectivity index (χ4v) is 1.59. The molecule has 0 bridgehead atoms. The third-order valence-electron chi connectivity index (χ3n) is 2.57. The van der Waals surface area contributed by atoms with E-state index in [1.165, 1.54) is 0 Å². The van der Waals surface area contributed by atoms with Gasteiger partial charge in [-0.25, -0.2) is 9.97 Å². The Balaban J connectivity index is 2.09. The minimum absolute atomic E-state index is 0.768. The Morgan fingerprint density at radius 3 is 2.62 bits per heavy atom. The number of aromatic nitrogens is 4. The predicted molar refractivity (Wildman–Crippen MR) is 61.9 cm³/mol. The summed E-state index contributed by atoms with van der Waals surface area (Å²) < 4.78 is 4.14. The molecule has 0 atom stereocenters. The smallest absolute Gasteiger partial charge is 0.128 e. The van der Waals surface area contributed by atoms with E-state index < -0.39 is 0 Å². The molecular weight excluding hydrogens is 202 g/mol. The van der Waals surface area contributed by atoms with Gasteiger partial charge in [0.2, 0.25) is 0 Å². The molecule has 0 aliphatic rings. The van der Waals surface area contributed by atoms with Crippen LogP contribution in [0.3, 0.4) is 0 Å². The highest BCUT2D eigenvalue weighted by Crippen LogP contribution is 2.03. The second kappa shape index (κ2) is 4.94. The molecular formula is C11H17N5. The molecule has 0 amide bonds. The van der Waals surface area contributed by atoms with Crippen LogP contribution in [0.2, 0.25) is 0 Å². The van der Waals surface area contributed by atoms with Crippen LogP contribution in [0.5, 0.6) is 0 Å². The minimum Gasteiger partial charge on any atom is -0.337 e. The summed E-state index contributed by atoms with van der Waals surface area (Å²) in [5.41, 5.74) is 0. The molecule has 0 saturated carbocycles. The Bertz CT molecular complexity index is 443. The van der Waals surface area contributed by atoms with E-state index in [1.807, 2.05) is 36.4 Å². The quantitative estimate of drug-likeness (QED) is 0.808. The number of rotatable bonds is 5. The van der Waals surface area contributed by atoms with Crippen LogP contribution >= 0.6 is 0 Å². The predicted octanol–water partition coefficient (Wildman–Crippen LogP) is 0.774. The molecule has 1 N–H and O–H groups in total. The molecule has 0 aromatic carbocycles. The molecule has 86 valence electrons. The normalized spacial score (nSPS) is 10.9. The topological polar surface area (TPSA) is 47.7 Å². The van der Waals surface area contributed by atoms with Crippen molar-refractivity contribution < 1.29 is 0 Å². The van der Waals surface area contributed by atoms with E-state index in [0.29, 0.717) is 0 Å². The first-order chi connectivity index (χ1) is 7.81. The van der Waals surface area contributed by atoms with Crippen LogP contribution in [0.4, 0.5) is 0 Å². The van der Waals surface area contributed by atoms with Crippen molar-refractivity contribution in [3.63, 3.8) is 0 Å². The summed E-state index contributed by atoms with van der Waals surface area (Å²) in [6, 6.07) is 0. The summed E-state index contributed by atoms with van der Waals surface area (Å²) in [5, 5.41) is 3.27. The molecule has 5 heteroatoms. The number of imidazole rings is 2. The summed E-state index contributed by atoms with van der Waals surface area (Å²) in [6.45, 7) is 4.61. The highest BCUT2D eigenvalue weighted by Gasteiger charge is 2.05. The van der Waals surface area contributed by atoms with Gasteiger partial charge < -0.3 is 14.5 Å². The molecule has 0 spiro atoms. The van der Waals surface area contributed by atoms with E-state index in [-0.39, 0.29) is 0 Å². The average Bonchev–Trinajstić information content (AvgIpc) is 2.87. The Morgan fingerprint density at radius 2 is 1.94 bits per heavy atom. The second-order valence-electron chi connectivity index (χ2n) is 3.71. The molecule has 2 rings (SSSR count). The van der Waals surface area contributed by atoms with Crippen molar-refractivity contribution in [3.05, 3.63) is 36.4 Å². The number of nitrogens with zero attached hydrogens (tertiary/aromatic N) is 4. The molecule has 0 aliphatic heterocycles. The van der Waals surface area contributed by atoms with Gasteiger partial charge >= 0.3 is 0 Å². The van der Waals surface area contributed by atoms with E-state index in [9.17, 15) is 0 Å². The van der Waals surface area contributed by atoms with Gasteiger partial charge in [-0.2, -0.15) is 0 Å². The number of nitrogens with one attached hydrogen (secondary N) is 1. The van der Waals surface area contributed by atoms with Crippen LogP contribution in [0, 0.1) is 0 Å². The monoisotopic (exact) mass is 219 g/mol. The van der Waals surface area contributed by atoms with Gasteiger partial charge in [0.05, 0.1) is 13.1 Å². The van der Waals surface area contributed by atoms with E-state index in [0.717, 1.165) is 31.3 Å². The SMILES string of the molecule is CCNCc1nccn1Cc1nccn1C. The lowest BCUT2D eigenvalue weighted by Crippen LogP contribution is -2.17. The van der Waals surface area contributed by atoms with Crippen LogP contribution in [-0.2, 0) is 20.1 Å². The standard InChI is InChI=1S/C11H17N5/c1-3-12-8-10-13-5-7-16(10)9-11-14-4-6-15(11)2/h4-7,12H,3,8-9H2,1-2H3. The Hall–Kier alpha value is -1.62. The van der Waals surface area contributed by atoms with Gasteiger partial charge in [-0.3, -0.25) is 0 Å². The fraction of sp³-hybridized carbons (Fsp3) is 0.455. The molecule has 16 heavy (non-hydrogen) atoms. The van der Waals surface area contributed by atoms with Crippen molar-refractivity contribution in [2.45, 2.75) is 20.0 Å². The zero-order valence-corrected chi connectivity index (χ0v) is 9.72. The van der Waals surface area contributed by atoms with Gasteiger partial charge in [0, 0.05) is 31.8 Å². The number of aryl methyl sites for hydroxylation is 1. The highest BCUT2D eigenvalue weighted by atomic mass is 15.1. The largest absolute Gasteiger partial charge is 0.337 e. The molecule has 0 saturated heterocycles. The van der Waals surface area contributed by atoms with Crippen LogP contribution in [-0.4, -0.2) is 25.6 Å². The van der Waals surface area contributed by atoms with E-state index in [4.69, 9.17) is 0 Å². The van der Waals surface area contributed by atoms with Gasteiger partial charge in [0.1, 0.15) is 11.6 Å². The summed E-state index contributed by atoms with van der Waals surface area (Å²) in [4.78, 5) is 8.63. The zero-order valence-electron chi connectivity index (χ0n) is 9.72. The van der Waals surface area contributed by atoms with Gasteiger partial charge in [0.25, 0.3) is 0 Å². The van der Waals surface area contributed by atoms with Crippen molar-refractivity contribution in [3.8, 4) is 0 Å². The average molecular weight is 219 g/mol. The maximum atomic E-state index is 4.33. The molecule has 2 aromatic rings. The van der Waals surface area contributed by atoms with E-state index >= 15 is 0 Å². The summed E-state index contributed by atoms with van der Waals surface area (Å²) >= 11 is 0. The lowest BCUT2D eigenvalue weighted by atomic mass is 10.5. The molecule has 2 heterocycles. The van der Waals surface area contributed by atoms with Crippen molar-refractivity contribution in [1.82, 2.24) is 24.4 Å². The maximum absolute atomic E-state index is 4.33. The molecule has 0 radical (unpaired) electrons. The van der Waals surface area contributed by atoms with Crippen molar-refractivity contribution in [2.24, 2.45) is 7.05 Å². The Morgan fingerprint density at radius 1 is 1.19 bits per heavy atom. The molecule has 0 aliphatic carbocycles. The van der Waals surface area contributed by atoms with Gasteiger partial charge in [-0.05, 0) is 6.54 Å². The van der Waals surface area contributed by atoms with Crippen LogP contribution in [0.1, 0.15) is 18.6 Å². The summed E-state index contributed by atoms with van der Waals surface area (Å²) in [5.74, 6) is 2.08. The van der Waals surface area contributed by atoms with Gasteiger partial charge in [-0.15, -0.1) is 0 Å². The Labute approximate surface area is 95.1 Å². The fourth-order valence-electron chi connectivity index (χ4n) is 1.59. The molecule has 0 unspecified atom stereocenters. The van der Waals surface area contributed by atoms with Crippen molar-refractivity contribution in [2.75, 3.05) is 6.54 Å². The van der Waals surface area contributed by atoms with Crippen LogP contribution in [0.15, 0.2) is 24.8 Å². The lowest BCUT2D eigenvalue weighted by molar-refractivity contribution is 0.617.